The van der Waals surface area contributed by atoms with E-state index in [0.717, 1.165) is 24.8 Å². The van der Waals surface area contributed by atoms with Crippen LogP contribution in [0.1, 0.15) is 137 Å². The van der Waals surface area contributed by atoms with Crippen LogP contribution in [-0.2, 0) is 4.74 Å². The van der Waals surface area contributed by atoms with Crippen LogP contribution >= 0.6 is 0 Å². The van der Waals surface area contributed by atoms with Gasteiger partial charge in [-0.25, -0.2) is 9.18 Å². The average molecular weight is 608 g/mol. The van der Waals surface area contributed by atoms with Crippen molar-refractivity contribution in [3.05, 3.63) is 53.4 Å². The molecule has 44 heavy (non-hydrogen) atoms. The Bertz CT molecular complexity index is 1310. The first-order valence-corrected chi connectivity index (χ1v) is 17.2. The van der Waals surface area contributed by atoms with Gasteiger partial charge in [-0.3, -0.25) is 0 Å². The molecule has 5 aliphatic rings. The predicted octanol–water partition coefficient (Wildman–Crippen LogP) is 10.6. The van der Waals surface area contributed by atoms with E-state index in [1.807, 2.05) is 19.9 Å². The summed E-state index contributed by atoms with van der Waals surface area (Å²) in [6.07, 6.45) is 13.2. The van der Waals surface area contributed by atoms with Gasteiger partial charge in [-0.2, -0.15) is 0 Å². The fraction of sp³-hybridized carbons (Fsp3) is 0.725. The van der Waals surface area contributed by atoms with Gasteiger partial charge >= 0.3 is 5.97 Å². The van der Waals surface area contributed by atoms with Crippen LogP contribution in [0.5, 0.6) is 0 Å². The highest BCUT2D eigenvalue weighted by Crippen LogP contribution is 2.76. The molecule has 0 bridgehead atoms. The summed E-state index contributed by atoms with van der Waals surface area (Å²) >= 11 is 0. The molecular formula is C40H62FNO2. The maximum Gasteiger partial charge on any atom is 0.340 e. The summed E-state index contributed by atoms with van der Waals surface area (Å²) in [4.78, 5) is 12.0. The molecule has 0 aromatic heterocycles. The first-order chi connectivity index (χ1) is 20.1. The first-order valence-electron chi connectivity index (χ1n) is 17.2. The van der Waals surface area contributed by atoms with Crippen molar-refractivity contribution >= 4 is 11.5 Å². The second kappa shape index (κ2) is 11.7. The van der Waals surface area contributed by atoms with Crippen molar-refractivity contribution in [3.63, 3.8) is 0 Å². The predicted molar refractivity (Wildman–Crippen MR) is 183 cm³/mol. The molecule has 5 aliphatic carbocycles. The van der Waals surface area contributed by atoms with Crippen LogP contribution in [0.15, 0.2) is 36.4 Å². The Morgan fingerprint density at radius 3 is 2.25 bits per heavy atom. The van der Waals surface area contributed by atoms with Gasteiger partial charge in [0.15, 0.2) is 0 Å². The third kappa shape index (κ3) is 4.70. The van der Waals surface area contributed by atoms with Gasteiger partial charge in [0.1, 0.15) is 5.82 Å². The van der Waals surface area contributed by atoms with Crippen LogP contribution in [0, 0.1) is 57.1 Å². The van der Waals surface area contributed by atoms with Crippen molar-refractivity contribution in [1.82, 2.24) is 0 Å². The van der Waals surface area contributed by atoms with E-state index >= 15 is 4.39 Å². The molecular weight excluding hydrogens is 545 g/mol. The van der Waals surface area contributed by atoms with Gasteiger partial charge in [-0.1, -0.05) is 80.2 Å². The molecule has 0 aliphatic heterocycles. The summed E-state index contributed by atoms with van der Waals surface area (Å²) in [6.45, 7) is 23.3. The van der Waals surface area contributed by atoms with Crippen molar-refractivity contribution in [2.75, 3.05) is 7.11 Å². The summed E-state index contributed by atoms with van der Waals surface area (Å²) in [5.74, 6) is 1.85. The van der Waals surface area contributed by atoms with Crippen LogP contribution in [0.2, 0.25) is 0 Å². The molecule has 3 unspecified atom stereocenters. The first kappa shape index (κ1) is 34.9. The minimum atomic E-state index is -0.629. The quantitative estimate of drug-likeness (QED) is 0.275. The maximum atomic E-state index is 15.0. The highest BCUT2D eigenvalue weighted by molar-refractivity contribution is 5.90. The molecule has 0 amide bonds. The molecule has 0 saturated heterocycles. The Balaban J connectivity index is 0.00000144. The van der Waals surface area contributed by atoms with Crippen LogP contribution in [0.4, 0.5) is 4.39 Å². The highest BCUT2D eigenvalue weighted by Gasteiger charge is 2.70. The summed E-state index contributed by atoms with van der Waals surface area (Å²) in [5, 5.41) is 0. The molecule has 4 heteroatoms. The lowest BCUT2D eigenvalue weighted by atomic mass is 9.33. The number of allylic oxidation sites excluding steroid dienone is 3. The van der Waals surface area contributed by atoms with E-state index in [1.54, 1.807) is 12.1 Å². The van der Waals surface area contributed by atoms with Crippen LogP contribution in [0.3, 0.4) is 0 Å². The molecule has 3 nitrogen and oxygen atoms in total. The summed E-state index contributed by atoms with van der Waals surface area (Å²) in [5.41, 5.74) is 11.4. The fourth-order valence-corrected chi connectivity index (χ4v) is 12.3. The fourth-order valence-electron chi connectivity index (χ4n) is 12.3. The van der Waals surface area contributed by atoms with E-state index < -0.39 is 11.8 Å². The van der Waals surface area contributed by atoms with Gasteiger partial charge in [0.2, 0.25) is 0 Å². The zero-order valence-electron chi connectivity index (χ0n) is 28.5. The smallest absolute Gasteiger partial charge is 0.340 e. The van der Waals surface area contributed by atoms with E-state index in [2.05, 4.69) is 54.2 Å². The Morgan fingerprint density at radius 1 is 0.955 bits per heavy atom. The molecule has 1 aromatic rings. The van der Waals surface area contributed by atoms with Gasteiger partial charge in [-0.15, -0.1) is 0 Å². The van der Waals surface area contributed by atoms with Crippen LogP contribution < -0.4 is 5.73 Å². The Hall–Kier alpha value is -1.94. The number of halogens is 1. The number of rotatable bonds is 3. The third-order valence-electron chi connectivity index (χ3n) is 14.4. The lowest BCUT2D eigenvalue weighted by molar-refractivity contribution is -0.217. The second-order valence-corrected chi connectivity index (χ2v) is 16.1. The summed E-state index contributed by atoms with van der Waals surface area (Å²) in [7, 11) is 1.29. The van der Waals surface area contributed by atoms with E-state index in [4.69, 9.17) is 10.5 Å². The number of hydrogen-bond acceptors (Lipinski definition) is 3. The molecule has 0 heterocycles. The van der Waals surface area contributed by atoms with Crippen molar-refractivity contribution < 1.29 is 13.9 Å². The minimum Gasteiger partial charge on any atom is -0.465 e. The van der Waals surface area contributed by atoms with Crippen molar-refractivity contribution in [1.29, 1.82) is 0 Å². The van der Waals surface area contributed by atoms with Gasteiger partial charge in [0.05, 0.1) is 12.7 Å². The molecule has 246 valence electrons. The highest BCUT2D eigenvalue weighted by atomic mass is 19.1. The normalized spacial score (nSPS) is 41.6. The zero-order chi connectivity index (χ0) is 31.8. The summed E-state index contributed by atoms with van der Waals surface area (Å²) in [6, 6.07) is 5.04. The average Bonchev–Trinajstić information content (AvgIpc) is 3.31. The molecule has 1 aromatic carbocycles. The largest absolute Gasteiger partial charge is 0.465 e. The minimum absolute atomic E-state index is 0. The number of carbonyl (C=O) groups is 1. The monoisotopic (exact) mass is 607 g/mol. The SMILES string of the molecule is C.C=C(C)[C@@H]1CC[C@]2(N)CC[C@]3(C)[C@H](CCC4[C@@]5(C)CC=C(c6ccc(C(=O)OC)c(F)c6)C(C)(C)C5CC[C@]43C)C12.CC. The Labute approximate surface area is 268 Å². The Kier molecular flexibility index (Phi) is 9.28. The molecule has 9 atom stereocenters. The number of carbonyl (C=O) groups excluding carboxylic acids is 1. The van der Waals surface area contributed by atoms with Crippen molar-refractivity contribution in [3.8, 4) is 0 Å². The van der Waals surface area contributed by atoms with Crippen molar-refractivity contribution in [2.24, 2.45) is 57.0 Å². The molecule has 0 radical (unpaired) electrons. The van der Waals surface area contributed by atoms with Gasteiger partial charge in [0, 0.05) is 5.54 Å². The van der Waals surface area contributed by atoms with Gasteiger partial charge in [0.25, 0.3) is 0 Å². The molecule has 0 spiro atoms. The summed E-state index contributed by atoms with van der Waals surface area (Å²) < 4.78 is 19.8. The van der Waals surface area contributed by atoms with Gasteiger partial charge in [-0.05, 0) is 139 Å². The number of hydrogen-bond donors (Lipinski definition) is 1. The maximum absolute atomic E-state index is 15.0. The number of ether oxygens (including phenoxy) is 1. The Morgan fingerprint density at radius 2 is 1.64 bits per heavy atom. The zero-order valence-corrected chi connectivity index (χ0v) is 28.5. The van der Waals surface area contributed by atoms with Crippen molar-refractivity contribution in [2.45, 2.75) is 126 Å². The van der Waals surface area contributed by atoms with Gasteiger partial charge < -0.3 is 10.5 Å². The number of fused-ring (bicyclic) bond motifs is 7. The number of esters is 1. The number of nitrogens with two attached hydrogens (primary N) is 1. The van der Waals surface area contributed by atoms with Crippen LogP contribution in [0.25, 0.3) is 5.57 Å². The number of methoxy groups -OCH3 is 1. The van der Waals surface area contributed by atoms with Crippen LogP contribution in [-0.4, -0.2) is 18.6 Å². The number of benzene rings is 1. The van der Waals surface area contributed by atoms with E-state index in [9.17, 15) is 4.79 Å². The van der Waals surface area contributed by atoms with E-state index in [-0.39, 0.29) is 40.2 Å². The molecule has 6 rings (SSSR count). The van der Waals surface area contributed by atoms with E-state index in [0.29, 0.717) is 29.6 Å². The lowest BCUT2D eigenvalue weighted by Crippen LogP contribution is -2.67. The standard InChI is InChI=1S/C37H52FNO2.C2H6.CH4/c1-22(2)24-13-18-37(39)20-19-35(6)27(31(24)37)11-12-30-34(5)16-14-26(33(3,4)29(34)15-17-36(30,35)7)23-9-10-25(28(38)21-23)32(40)41-8;1-2;/h9-10,14,21,24,27,29-31H,1,11-13,15-20,39H2,2-8H3;1-2H3;1H4/t24-,27+,29?,30?,31?,34-,35+,36+,37-;;/m0../s1. The molecule has 2 N–H and O–H groups in total. The third-order valence-corrected chi connectivity index (χ3v) is 14.4. The second-order valence-electron chi connectivity index (χ2n) is 16.1. The topological polar surface area (TPSA) is 52.3 Å². The molecule has 4 saturated carbocycles. The molecule has 4 fully saturated rings. The lowest BCUT2D eigenvalue weighted by Gasteiger charge is -2.72. The van der Waals surface area contributed by atoms with E-state index in [1.165, 1.54) is 56.8 Å².